The molecule has 6 fully saturated rings. The molecule has 0 saturated carbocycles. The molecular formula is C65H91N21Na6O44P6. The van der Waals surface area contributed by atoms with E-state index in [9.17, 15) is 116 Å². The SMILES string of the molecule is C.C.C.C.CO[C@@H]1C(O)[C@H](n2ccc(N)nc2=O)O[C@@H]1COP(=O)([O-])O[C@@H]1C(O)[C@H](n2ccc(N)nc2=O)O[C@@H]1COP(=O)([O-])O[C@@H]1C(O)[C@H](n2ccc(N)nc2=O)O[C@@H]1COP(=O)([O-])OC.CO[C@@H]1C(O)[C@H](n2cnc3c(=O)[nH]cnc32)O[C@@H]1COP(=O)([O-])O[C@@H]1C(O)[C@H](n2cnc3c(=O)[nH]cnc32)O[C@@H]1COP(=O)([O-])O[C@@H]1C(O)[C@H](n2cnc3c(=O)[nH]cnc32)O[C@@H]1COP(=O)([O-])OC.[Na+].[Na+].[Na+].[Na+].[Na+].[Na+]. The van der Waals surface area contributed by atoms with Crippen molar-refractivity contribution in [3.63, 3.8) is 0 Å². The number of nitrogens with two attached hydrogens (primary N) is 3. The fourth-order valence-corrected chi connectivity index (χ4v) is 19.1. The van der Waals surface area contributed by atoms with E-state index in [2.05, 4.69) is 73.4 Å². The first-order chi connectivity index (χ1) is 62.3. The van der Waals surface area contributed by atoms with Gasteiger partial charge in [0.1, 0.15) is 127 Å². The summed E-state index contributed by atoms with van der Waals surface area (Å²) in [5, 5.41) is 67.3. The number of aromatic nitrogens is 18. The third-order valence-electron chi connectivity index (χ3n) is 20.5. The summed E-state index contributed by atoms with van der Waals surface area (Å²) in [6.45, 7) is -6.36. The molecule has 15 rings (SSSR count). The van der Waals surface area contributed by atoms with E-state index >= 15 is 0 Å². The van der Waals surface area contributed by atoms with Gasteiger partial charge in [-0.1, -0.05) is 29.7 Å². The Morgan fingerprint density at radius 2 is 0.528 bits per heavy atom. The number of rotatable bonds is 36. The second-order valence-corrected chi connectivity index (χ2v) is 37.1. The minimum atomic E-state index is -5.79. The van der Waals surface area contributed by atoms with Gasteiger partial charge < -0.3 is 184 Å². The topological polar surface area (TPSA) is 920 Å². The number of imidazole rings is 3. The van der Waals surface area contributed by atoms with E-state index in [1.807, 2.05) is 0 Å². The molecule has 0 radical (unpaired) electrons. The molecule has 0 aromatic carbocycles. The van der Waals surface area contributed by atoms with Crippen LogP contribution in [0.2, 0.25) is 0 Å². The molecule has 0 aliphatic carbocycles. The van der Waals surface area contributed by atoms with E-state index in [1.165, 1.54) is 17.7 Å². The van der Waals surface area contributed by atoms with Crippen LogP contribution in [0.25, 0.3) is 33.5 Å². The van der Waals surface area contributed by atoms with E-state index in [0.29, 0.717) is 9.13 Å². The zero-order valence-electron chi connectivity index (χ0n) is 73.3. The van der Waals surface area contributed by atoms with E-state index in [-0.39, 0.29) is 258 Å². The summed E-state index contributed by atoms with van der Waals surface area (Å²) in [5.41, 5.74) is 10.6. The Morgan fingerprint density at radius 3 is 0.732 bits per heavy atom. The van der Waals surface area contributed by atoms with Crippen LogP contribution >= 0.6 is 46.9 Å². The van der Waals surface area contributed by atoms with Crippen LogP contribution in [0.1, 0.15) is 67.1 Å². The largest absolute Gasteiger partial charge is 1.00 e. The molecule has 12 unspecified atom stereocenters. The van der Waals surface area contributed by atoms with Crippen molar-refractivity contribution < 1.29 is 357 Å². The van der Waals surface area contributed by atoms with Crippen molar-refractivity contribution in [1.82, 2.24) is 87.2 Å². The molecule has 65 nitrogen and oxygen atoms in total. The molecule has 0 spiro atoms. The van der Waals surface area contributed by atoms with Crippen LogP contribution in [-0.2, 0) is 120 Å². The first-order valence-corrected chi connectivity index (χ1v) is 46.5. The number of H-pyrrole nitrogens is 3. The van der Waals surface area contributed by atoms with Gasteiger partial charge in [-0.15, -0.1) is 0 Å². The number of aliphatic hydroxyl groups excluding tert-OH is 6. The Bertz CT molecular complexity index is 6410. The van der Waals surface area contributed by atoms with Crippen molar-refractivity contribution in [2.75, 3.05) is 85.3 Å². The van der Waals surface area contributed by atoms with Crippen molar-refractivity contribution in [3.8, 4) is 0 Å². The standard InChI is InChI=1S/C32H39N12O22P3.C29H42N9O22P3.4CH4.6Na/c1-57-21-12(62-30(18(21)45)42-9-39-15-24(42)33-6-36-27(15)48)3-60-68(53,54)66-23-14(64-32(20(23)47)44-11-41-17-26(44)35-8-38-29(17)50)5-61-69(55,56)65-22-13(4-59-67(51,52)58-2)63-31(19(22)46)43-10-40-16-25(43)34-7-37-28(16)49;1-51-21-12(56-24(18(21)39)36-6-3-15(30)33-27(36)42)9-54-62(47,48)60-23-14(58-26(20(23)41)38-8-5-17(32)35-29(38)44)11-55-63(49,50)59-22-13(10-53-61(45,46)52-2)57-25(19(22)40)37-7-4-16(31)34-28(37)43;;;;;;;;;;/h6-14,18-23,30-32,45-47H,3-5H2,1-2H3,(H,51,52)(H,53,54)(H,55,56)(H,33,36,48)(H,34,37,49)(H,35,38,50);3-8,12-14,18-26,39-41H,9-11H2,1-2H3,(H,45,46)(H,47,48)(H,49,50)(H2,30,33,42)(H2,31,34,43)(H2,32,35,44);4*1H4;;;;;;/q;;;;;;6*+1/p-6/t12-,13-,14-,18?,19?,20?,21+,22+,23+,30-,31-,32-;12-,13-,14-,18?,19?,20?,21+,22+,23+,24-,25-,26-;;;;;;;;;;/m11........../s1. The molecule has 142 heavy (non-hydrogen) atoms. The number of nitrogen functional groups attached to an aromatic ring is 3. The third kappa shape index (κ3) is 30.0. The van der Waals surface area contributed by atoms with Gasteiger partial charge in [0.05, 0.1) is 77.6 Å². The van der Waals surface area contributed by atoms with E-state index in [1.54, 1.807) is 0 Å². The summed E-state index contributed by atoms with van der Waals surface area (Å²) >= 11 is 0. The Kier molecular flexibility index (Phi) is 50.6. The number of aromatic amines is 3. The first-order valence-electron chi connectivity index (χ1n) is 37.7. The molecule has 6 aliphatic heterocycles. The van der Waals surface area contributed by atoms with Crippen LogP contribution in [0.4, 0.5) is 17.5 Å². The van der Waals surface area contributed by atoms with Crippen molar-refractivity contribution in [2.24, 2.45) is 0 Å². The van der Waals surface area contributed by atoms with Crippen LogP contribution in [0, 0.1) is 0 Å². The maximum Gasteiger partial charge on any atom is 1.00 e. The van der Waals surface area contributed by atoms with Crippen LogP contribution in [0.3, 0.4) is 0 Å². The number of phosphoric ester groups is 6. The quantitative estimate of drug-likeness (QED) is 0.0128. The van der Waals surface area contributed by atoms with Crippen molar-refractivity contribution in [3.05, 3.63) is 137 Å². The predicted molar refractivity (Wildman–Crippen MR) is 436 cm³/mol. The Balaban J connectivity index is 0.000000556. The number of phosphoric acid groups is 6. The molecule has 9 aromatic rings. The molecule has 30 atom stereocenters. The molecule has 6 saturated heterocycles. The number of hydrogen-bond acceptors (Lipinski definition) is 56. The normalized spacial score (nSPS) is 29.6. The zero-order valence-corrected chi connectivity index (χ0v) is 90.7. The molecule has 0 amide bonds. The molecule has 77 heteroatoms. The molecule has 756 valence electrons. The summed E-state index contributed by atoms with van der Waals surface area (Å²) in [5.74, 6) is -0.623. The van der Waals surface area contributed by atoms with Gasteiger partial charge in [-0.3, -0.25) is 69.2 Å². The summed E-state index contributed by atoms with van der Waals surface area (Å²) in [6, 6.07) is 3.47. The molecule has 9 aromatic heterocycles. The molecule has 0 bridgehead atoms. The number of aliphatic hydroxyl groups is 6. The maximum absolute atomic E-state index is 13.6. The van der Waals surface area contributed by atoms with Crippen LogP contribution in [0.15, 0.2) is 104 Å². The minimum absolute atomic E-state index is 0. The van der Waals surface area contributed by atoms with Crippen LogP contribution < -0.4 is 258 Å². The van der Waals surface area contributed by atoms with E-state index in [4.69, 9.17) is 95.8 Å². The number of nitrogens with zero attached hydrogens (tertiary/aromatic N) is 15. The second kappa shape index (κ2) is 54.6. The average Bonchev–Trinajstić information content (AvgIpc) is 1.63. The average molecular weight is 2190 g/mol. The molecule has 15 heterocycles. The minimum Gasteiger partial charge on any atom is -0.756 e. The summed E-state index contributed by atoms with van der Waals surface area (Å²) in [6.07, 6.45) is -32.8. The van der Waals surface area contributed by atoms with Gasteiger partial charge >= 0.3 is 194 Å². The van der Waals surface area contributed by atoms with Gasteiger partial charge in [-0.25, -0.2) is 44.3 Å². The molecular weight excluding hydrogens is 2100 g/mol. The van der Waals surface area contributed by atoms with Crippen molar-refractivity contribution in [2.45, 2.75) is 177 Å². The van der Waals surface area contributed by atoms with Gasteiger partial charge in [-0.2, -0.15) is 15.0 Å². The van der Waals surface area contributed by atoms with Gasteiger partial charge in [0.25, 0.3) is 63.6 Å². The predicted octanol–water partition coefficient (Wildman–Crippen LogP) is -26.2. The monoisotopic (exact) mass is 2190 g/mol. The second-order valence-electron chi connectivity index (χ2n) is 28.6. The Hall–Kier alpha value is -2.81. The van der Waals surface area contributed by atoms with Crippen LogP contribution in [-0.4, -0.2) is 296 Å². The van der Waals surface area contributed by atoms with Crippen molar-refractivity contribution >= 4 is 97.9 Å². The number of anilines is 3. The fourth-order valence-electron chi connectivity index (χ4n) is 14.4. The van der Waals surface area contributed by atoms with Gasteiger partial charge in [0.2, 0.25) is 0 Å². The van der Waals surface area contributed by atoms with Gasteiger partial charge in [0.15, 0.2) is 70.9 Å². The third-order valence-corrected chi connectivity index (χ3v) is 26.2. The number of fused-ring (bicyclic) bond motifs is 3. The van der Waals surface area contributed by atoms with E-state index < -0.39 is 268 Å². The van der Waals surface area contributed by atoms with Gasteiger partial charge in [0, 0.05) is 47.0 Å². The van der Waals surface area contributed by atoms with Gasteiger partial charge in [-0.05, 0) is 18.2 Å². The maximum atomic E-state index is 13.6. The number of ether oxygens (including phenoxy) is 8. The first kappa shape index (κ1) is 131. The molecule has 6 aliphatic rings. The van der Waals surface area contributed by atoms with Crippen molar-refractivity contribution in [1.29, 1.82) is 0 Å². The Morgan fingerprint density at radius 1 is 0.331 bits per heavy atom. The van der Waals surface area contributed by atoms with Crippen LogP contribution in [0.5, 0.6) is 0 Å². The Labute approximate surface area is 931 Å². The number of nitrogens with one attached hydrogen (secondary N) is 3. The summed E-state index contributed by atoms with van der Waals surface area (Å²) in [4.78, 5) is 194. The summed E-state index contributed by atoms with van der Waals surface area (Å²) in [7, 11) is -29.0. The number of hydrogen-bond donors (Lipinski definition) is 12. The summed E-state index contributed by atoms with van der Waals surface area (Å²) < 4.78 is 187. The fraction of sp³-hybridized carbons (Fsp3) is 0.585. The number of methoxy groups -OCH3 is 2. The smallest absolute Gasteiger partial charge is 0.756 e. The van der Waals surface area contributed by atoms with E-state index in [0.717, 1.165) is 104 Å². The molecule has 15 N–H and O–H groups in total. The zero-order chi connectivity index (χ0) is 95.3.